The Hall–Kier alpha value is -1.86. The Morgan fingerprint density at radius 3 is 2.65 bits per heavy atom. The molecule has 2 aromatic rings. The van der Waals surface area contributed by atoms with Crippen molar-refractivity contribution in [3.05, 3.63) is 34.2 Å². The van der Waals surface area contributed by atoms with Gasteiger partial charge in [0.25, 0.3) is 0 Å². The number of rotatable bonds is 2. The van der Waals surface area contributed by atoms with Gasteiger partial charge in [-0.15, -0.1) is 0 Å². The van der Waals surface area contributed by atoms with Gasteiger partial charge in [0, 0.05) is 12.6 Å². The molecule has 0 atom stereocenters. The second-order valence-corrected chi connectivity index (χ2v) is 4.86. The zero-order chi connectivity index (χ0) is 12.4. The summed E-state index contributed by atoms with van der Waals surface area (Å²) in [7, 11) is 1.81. The molecular weight excluding hydrogens is 230 g/mol. The first-order chi connectivity index (χ1) is 8.15. The van der Waals surface area contributed by atoms with Crippen LogP contribution in [0.15, 0.2) is 18.2 Å². The molecule has 0 saturated carbocycles. The molecule has 0 amide bonds. The molecule has 0 bridgehead atoms. The molecule has 3 nitrogen and oxygen atoms in total. The summed E-state index contributed by atoms with van der Waals surface area (Å²) in [5.41, 5.74) is 4.23. The lowest BCUT2D eigenvalue weighted by Gasteiger charge is -2.02. The van der Waals surface area contributed by atoms with Gasteiger partial charge in [0.2, 0.25) is 0 Å². The largest absolute Gasteiger partial charge is 0.365 e. The molecule has 0 radical (unpaired) electrons. The molecule has 1 aromatic carbocycles. The smallest absolute Gasteiger partial charge is 0.184 e. The van der Waals surface area contributed by atoms with Crippen molar-refractivity contribution in [1.29, 1.82) is 5.26 Å². The van der Waals surface area contributed by atoms with Crippen molar-refractivity contribution in [2.75, 3.05) is 12.4 Å². The molecule has 1 heterocycles. The molecule has 0 aliphatic rings. The van der Waals surface area contributed by atoms with Crippen LogP contribution in [0.2, 0.25) is 0 Å². The molecule has 0 spiro atoms. The number of hydrogen-bond acceptors (Lipinski definition) is 4. The van der Waals surface area contributed by atoms with Crippen molar-refractivity contribution in [3.63, 3.8) is 0 Å². The third-order valence-electron chi connectivity index (χ3n) is 2.72. The van der Waals surface area contributed by atoms with Crippen LogP contribution in [0.4, 0.5) is 5.13 Å². The van der Waals surface area contributed by atoms with Gasteiger partial charge in [-0.3, -0.25) is 0 Å². The van der Waals surface area contributed by atoms with Crippen LogP contribution in [0.3, 0.4) is 0 Å². The Labute approximate surface area is 105 Å². The molecule has 2 rings (SSSR count). The normalized spacial score (nSPS) is 10.0. The summed E-state index contributed by atoms with van der Waals surface area (Å²) in [4.78, 5) is 5.08. The molecule has 86 valence electrons. The molecule has 17 heavy (non-hydrogen) atoms. The van der Waals surface area contributed by atoms with E-state index in [-0.39, 0.29) is 0 Å². The van der Waals surface area contributed by atoms with Crippen LogP contribution in [0.1, 0.15) is 16.0 Å². The lowest BCUT2D eigenvalue weighted by Crippen LogP contribution is -1.88. The minimum atomic E-state index is 0.651. The van der Waals surface area contributed by atoms with Gasteiger partial charge in [-0.05, 0) is 31.0 Å². The molecule has 1 aromatic heterocycles. The summed E-state index contributed by atoms with van der Waals surface area (Å²) >= 11 is 1.38. The number of anilines is 1. The second kappa shape index (κ2) is 4.56. The molecular formula is C13H13N3S. The number of nitriles is 1. The van der Waals surface area contributed by atoms with Gasteiger partial charge in [0.1, 0.15) is 16.6 Å². The van der Waals surface area contributed by atoms with E-state index in [0.717, 1.165) is 16.4 Å². The topological polar surface area (TPSA) is 48.7 Å². The number of aryl methyl sites for hydroxylation is 2. The van der Waals surface area contributed by atoms with Gasteiger partial charge >= 0.3 is 0 Å². The molecule has 0 fully saturated rings. The third kappa shape index (κ3) is 2.15. The fourth-order valence-electron chi connectivity index (χ4n) is 1.59. The van der Waals surface area contributed by atoms with Crippen molar-refractivity contribution >= 4 is 16.5 Å². The number of aromatic nitrogens is 1. The Morgan fingerprint density at radius 2 is 2.06 bits per heavy atom. The zero-order valence-electron chi connectivity index (χ0n) is 10.0. The monoisotopic (exact) mass is 243 g/mol. The zero-order valence-corrected chi connectivity index (χ0v) is 10.9. The van der Waals surface area contributed by atoms with Gasteiger partial charge in [-0.1, -0.05) is 23.5 Å². The number of hydrogen-bond donors (Lipinski definition) is 1. The Bertz CT molecular complexity index is 593. The van der Waals surface area contributed by atoms with Crippen molar-refractivity contribution in [2.45, 2.75) is 13.8 Å². The van der Waals surface area contributed by atoms with Gasteiger partial charge in [-0.25, -0.2) is 4.98 Å². The number of nitrogens with zero attached hydrogens (tertiary/aromatic N) is 2. The predicted molar refractivity (Wildman–Crippen MR) is 71.3 cm³/mol. The quantitative estimate of drug-likeness (QED) is 0.880. The fourth-order valence-corrected chi connectivity index (χ4v) is 2.33. The van der Waals surface area contributed by atoms with E-state index in [0.29, 0.717) is 4.88 Å². The molecule has 0 aliphatic carbocycles. The van der Waals surface area contributed by atoms with E-state index >= 15 is 0 Å². The molecule has 1 N–H and O–H groups in total. The van der Waals surface area contributed by atoms with Gasteiger partial charge in [0.15, 0.2) is 5.13 Å². The van der Waals surface area contributed by atoms with Crippen LogP contribution >= 0.6 is 11.3 Å². The SMILES string of the molecule is CNc1nc(-c2ccc(C)c(C)c2)c(C#N)s1. The first-order valence-electron chi connectivity index (χ1n) is 5.32. The summed E-state index contributed by atoms with van der Waals surface area (Å²) in [6.45, 7) is 4.14. The van der Waals surface area contributed by atoms with Crippen molar-refractivity contribution in [1.82, 2.24) is 4.98 Å². The number of benzene rings is 1. The maximum atomic E-state index is 9.11. The highest BCUT2D eigenvalue weighted by Gasteiger charge is 2.12. The first kappa shape index (κ1) is 11.6. The standard InChI is InChI=1S/C13H13N3S/c1-8-4-5-10(6-9(8)2)12-11(7-14)17-13(15-3)16-12/h4-6H,1-3H3,(H,15,16). The Balaban J connectivity index is 2.56. The average Bonchev–Trinajstić information content (AvgIpc) is 2.76. The van der Waals surface area contributed by atoms with Crippen LogP contribution in [0, 0.1) is 25.2 Å². The predicted octanol–water partition coefficient (Wildman–Crippen LogP) is 3.34. The minimum Gasteiger partial charge on any atom is -0.365 e. The lowest BCUT2D eigenvalue weighted by molar-refractivity contribution is 1.31. The molecule has 0 saturated heterocycles. The van der Waals surface area contributed by atoms with Crippen molar-refractivity contribution < 1.29 is 0 Å². The van der Waals surface area contributed by atoms with Gasteiger partial charge in [0.05, 0.1) is 0 Å². The first-order valence-corrected chi connectivity index (χ1v) is 6.13. The van der Waals surface area contributed by atoms with Crippen LogP contribution in [0.5, 0.6) is 0 Å². The minimum absolute atomic E-state index is 0.651. The van der Waals surface area contributed by atoms with Crippen LogP contribution in [-0.4, -0.2) is 12.0 Å². The van der Waals surface area contributed by atoms with E-state index < -0.39 is 0 Å². The summed E-state index contributed by atoms with van der Waals surface area (Å²) in [6, 6.07) is 8.34. The van der Waals surface area contributed by atoms with Crippen molar-refractivity contribution in [2.24, 2.45) is 0 Å². The highest BCUT2D eigenvalue weighted by Crippen LogP contribution is 2.31. The summed E-state index contributed by atoms with van der Waals surface area (Å²) in [5.74, 6) is 0. The van der Waals surface area contributed by atoms with Gasteiger partial charge in [-0.2, -0.15) is 5.26 Å². The molecule has 4 heteroatoms. The van der Waals surface area contributed by atoms with E-state index in [1.807, 2.05) is 13.1 Å². The fraction of sp³-hybridized carbons (Fsp3) is 0.231. The van der Waals surface area contributed by atoms with Gasteiger partial charge < -0.3 is 5.32 Å². The highest BCUT2D eigenvalue weighted by atomic mass is 32.1. The Kier molecular flexibility index (Phi) is 3.12. The molecule has 0 aliphatic heterocycles. The van der Waals surface area contributed by atoms with Crippen LogP contribution in [0.25, 0.3) is 11.3 Å². The summed E-state index contributed by atoms with van der Waals surface area (Å²) < 4.78 is 0. The van der Waals surface area contributed by atoms with E-state index in [1.165, 1.54) is 22.5 Å². The van der Waals surface area contributed by atoms with E-state index in [4.69, 9.17) is 5.26 Å². The van der Waals surface area contributed by atoms with Crippen molar-refractivity contribution in [3.8, 4) is 17.3 Å². The second-order valence-electron chi connectivity index (χ2n) is 3.86. The number of nitrogens with one attached hydrogen (secondary N) is 1. The summed E-state index contributed by atoms with van der Waals surface area (Å²) in [6.07, 6.45) is 0. The Morgan fingerprint density at radius 1 is 1.29 bits per heavy atom. The third-order valence-corrected chi connectivity index (χ3v) is 3.70. The number of thiazole rings is 1. The summed E-state index contributed by atoms with van der Waals surface area (Å²) in [5, 5.41) is 12.9. The lowest BCUT2D eigenvalue weighted by atomic mass is 10.0. The molecule has 0 unspecified atom stereocenters. The van der Waals surface area contributed by atoms with Crippen LogP contribution in [-0.2, 0) is 0 Å². The maximum absolute atomic E-state index is 9.11. The van der Waals surface area contributed by atoms with Crippen LogP contribution < -0.4 is 5.32 Å². The highest BCUT2D eigenvalue weighted by molar-refractivity contribution is 7.16. The maximum Gasteiger partial charge on any atom is 0.184 e. The van der Waals surface area contributed by atoms with E-state index in [9.17, 15) is 0 Å². The van der Waals surface area contributed by atoms with E-state index in [1.54, 1.807) is 0 Å². The van der Waals surface area contributed by atoms with E-state index in [2.05, 4.69) is 42.4 Å². The average molecular weight is 243 g/mol.